The zero-order valence-electron chi connectivity index (χ0n) is 16.3. The number of sulfonamides is 1. The zero-order chi connectivity index (χ0) is 20.8. The molecule has 2 aromatic carbocycles. The summed E-state index contributed by atoms with van der Waals surface area (Å²) in [6, 6.07) is 12.5. The van der Waals surface area contributed by atoms with Gasteiger partial charge in [0.1, 0.15) is 10.6 Å². The van der Waals surface area contributed by atoms with E-state index in [9.17, 15) is 18.3 Å². The molecule has 8 heteroatoms. The normalized spacial score (nSPS) is 15.7. The predicted molar refractivity (Wildman–Crippen MR) is 114 cm³/mol. The molecule has 3 aromatic rings. The van der Waals surface area contributed by atoms with Crippen molar-refractivity contribution in [2.45, 2.75) is 18.7 Å². The van der Waals surface area contributed by atoms with Crippen molar-refractivity contribution >= 4 is 37.4 Å². The van der Waals surface area contributed by atoms with Crippen LogP contribution in [0.25, 0.3) is 10.1 Å². The molecular formula is C21H22N2O4S2. The molecule has 4 rings (SSSR count). The Morgan fingerprint density at radius 2 is 1.72 bits per heavy atom. The monoisotopic (exact) mass is 430 g/mol. The Labute approximate surface area is 174 Å². The van der Waals surface area contributed by atoms with E-state index >= 15 is 0 Å². The number of hydrogen-bond donors (Lipinski definition) is 1. The maximum Gasteiger partial charge on any atom is 0.264 e. The minimum Gasteiger partial charge on any atom is -0.507 e. The largest absolute Gasteiger partial charge is 0.507 e. The molecule has 1 saturated heterocycles. The van der Waals surface area contributed by atoms with Crippen molar-refractivity contribution in [2.75, 3.05) is 26.2 Å². The molecule has 1 amide bonds. The number of thiophene rings is 1. The Morgan fingerprint density at radius 1 is 1.03 bits per heavy atom. The first-order valence-corrected chi connectivity index (χ1v) is 11.6. The second-order valence-corrected chi connectivity index (χ2v) is 10.2. The minimum atomic E-state index is -3.81. The van der Waals surface area contributed by atoms with Gasteiger partial charge in [-0.05, 0) is 48.6 Å². The van der Waals surface area contributed by atoms with E-state index in [-0.39, 0.29) is 29.6 Å². The molecule has 1 aliphatic rings. The van der Waals surface area contributed by atoms with Gasteiger partial charge in [-0.15, -0.1) is 11.3 Å². The molecule has 1 aliphatic heterocycles. The fourth-order valence-electron chi connectivity index (χ4n) is 3.62. The molecule has 2 heterocycles. The predicted octanol–water partition coefficient (Wildman–Crippen LogP) is 3.37. The summed E-state index contributed by atoms with van der Waals surface area (Å²) >= 11 is 1.48. The molecule has 0 bridgehead atoms. The van der Waals surface area contributed by atoms with Crippen LogP contribution in [-0.2, 0) is 10.0 Å². The van der Waals surface area contributed by atoms with E-state index in [2.05, 4.69) is 0 Å². The third kappa shape index (κ3) is 3.52. The standard InChI is InChI=1S/C21H22N2O4S2/c1-14-7-8-17(24)19(13-14)29(26,27)23-11-9-22(10-12-23)21(25)20-15(2)16-5-3-4-6-18(16)28-20/h3-8,13,24H,9-12H2,1-2H3. The molecule has 1 N–H and O–H groups in total. The number of hydrogen-bond acceptors (Lipinski definition) is 5. The van der Waals surface area contributed by atoms with Gasteiger partial charge in [-0.1, -0.05) is 24.3 Å². The van der Waals surface area contributed by atoms with Crippen molar-refractivity contribution in [3.8, 4) is 5.75 Å². The number of phenolic OH excluding ortho intramolecular Hbond substituents is 1. The maximum atomic E-state index is 13.0. The van der Waals surface area contributed by atoms with Crippen LogP contribution in [0.15, 0.2) is 47.4 Å². The van der Waals surface area contributed by atoms with Crippen LogP contribution in [0.1, 0.15) is 20.8 Å². The summed E-state index contributed by atoms with van der Waals surface area (Å²) in [6.07, 6.45) is 0. The van der Waals surface area contributed by atoms with Crippen molar-refractivity contribution in [2.24, 2.45) is 0 Å². The summed E-state index contributed by atoms with van der Waals surface area (Å²) in [7, 11) is -3.81. The number of nitrogens with zero attached hydrogens (tertiary/aromatic N) is 2. The number of amides is 1. The fourth-order valence-corrected chi connectivity index (χ4v) is 6.39. The number of carbonyl (C=O) groups excluding carboxylic acids is 1. The molecule has 0 atom stereocenters. The summed E-state index contributed by atoms with van der Waals surface area (Å²) in [5.74, 6) is -0.311. The van der Waals surface area contributed by atoms with Crippen molar-refractivity contribution in [1.29, 1.82) is 0 Å². The van der Waals surface area contributed by atoms with E-state index in [1.165, 1.54) is 27.8 Å². The summed E-state index contributed by atoms with van der Waals surface area (Å²) in [4.78, 5) is 15.4. The number of phenols is 1. The van der Waals surface area contributed by atoms with Gasteiger partial charge in [0.05, 0.1) is 4.88 Å². The van der Waals surface area contributed by atoms with Crippen LogP contribution in [0.3, 0.4) is 0 Å². The number of carbonyl (C=O) groups is 1. The van der Waals surface area contributed by atoms with Crippen LogP contribution >= 0.6 is 11.3 Å². The molecule has 0 unspecified atom stereocenters. The fraction of sp³-hybridized carbons (Fsp3) is 0.286. The molecule has 0 radical (unpaired) electrons. The number of rotatable bonds is 3. The summed E-state index contributed by atoms with van der Waals surface area (Å²) in [6.45, 7) is 4.77. The molecule has 152 valence electrons. The molecule has 0 aliphatic carbocycles. The third-order valence-corrected chi connectivity index (χ3v) is 8.49. The first-order chi connectivity index (χ1) is 13.8. The third-order valence-electron chi connectivity index (χ3n) is 5.30. The Morgan fingerprint density at radius 3 is 2.41 bits per heavy atom. The van der Waals surface area contributed by atoms with Gasteiger partial charge in [0, 0.05) is 30.9 Å². The minimum absolute atomic E-state index is 0.0563. The van der Waals surface area contributed by atoms with Gasteiger partial charge in [0.25, 0.3) is 5.91 Å². The van der Waals surface area contributed by atoms with Crippen LogP contribution < -0.4 is 0 Å². The van der Waals surface area contributed by atoms with Crippen LogP contribution in [0.4, 0.5) is 0 Å². The molecule has 6 nitrogen and oxygen atoms in total. The van der Waals surface area contributed by atoms with Crippen molar-refractivity contribution in [3.05, 3.63) is 58.5 Å². The van der Waals surface area contributed by atoms with Crippen LogP contribution in [0.5, 0.6) is 5.75 Å². The lowest BCUT2D eigenvalue weighted by molar-refractivity contribution is 0.0702. The topological polar surface area (TPSA) is 77.9 Å². The molecule has 1 aromatic heterocycles. The molecule has 29 heavy (non-hydrogen) atoms. The summed E-state index contributed by atoms with van der Waals surface area (Å²) in [5, 5.41) is 11.1. The lowest BCUT2D eigenvalue weighted by Crippen LogP contribution is -2.50. The second-order valence-electron chi connectivity index (χ2n) is 7.22. The van der Waals surface area contributed by atoms with Crippen LogP contribution in [0.2, 0.25) is 0 Å². The average Bonchev–Trinajstić information content (AvgIpc) is 3.06. The highest BCUT2D eigenvalue weighted by Gasteiger charge is 2.33. The SMILES string of the molecule is Cc1ccc(O)c(S(=O)(=O)N2CCN(C(=O)c3sc4ccccc4c3C)CC2)c1. The lowest BCUT2D eigenvalue weighted by atomic mass is 10.1. The second kappa shape index (κ2) is 7.44. The van der Waals surface area contributed by atoms with Gasteiger partial charge in [0.2, 0.25) is 10.0 Å². The van der Waals surface area contributed by atoms with Crippen molar-refractivity contribution < 1.29 is 18.3 Å². The average molecular weight is 431 g/mol. The molecule has 1 fully saturated rings. The van der Waals surface area contributed by atoms with E-state index in [4.69, 9.17) is 0 Å². The number of piperazine rings is 1. The summed E-state index contributed by atoms with van der Waals surface area (Å²) < 4.78 is 28.3. The first kappa shape index (κ1) is 19.9. The van der Waals surface area contributed by atoms with Gasteiger partial charge < -0.3 is 10.0 Å². The van der Waals surface area contributed by atoms with E-state index in [0.717, 1.165) is 21.2 Å². The smallest absolute Gasteiger partial charge is 0.264 e. The number of fused-ring (bicyclic) bond motifs is 1. The number of aryl methyl sites for hydroxylation is 2. The van der Waals surface area contributed by atoms with Crippen LogP contribution in [0, 0.1) is 13.8 Å². The van der Waals surface area contributed by atoms with Crippen molar-refractivity contribution in [3.63, 3.8) is 0 Å². The quantitative estimate of drug-likeness (QED) is 0.691. The lowest BCUT2D eigenvalue weighted by Gasteiger charge is -2.34. The van der Waals surface area contributed by atoms with E-state index in [0.29, 0.717) is 18.0 Å². The van der Waals surface area contributed by atoms with Gasteiger partial charge in [-0.25, -0.2) is 8.42 Å². The highest BCUT2D eigenvalue weighted by atomic mass is 32.2. The van der Waals surface area contributed by atoms with E-state index in [1.807, 2.05) is 31.2 Å². The van der Waals surface area contributed by atoms with Crippen molar-refractivity contribution in [1.82, 2.24) is 9.21 Å². The van der Waals surface area contributed by atoms with Gasteiger partial charge in [-0.3, -0.25) is 4.79 Å². The highest BCUT2D eigenvalue weighted by molar-refractivity contribution is 7.89. The van der Waals surface area contributed by atoms with E-state index in [1.54, 1.807) is 17.9 Å². The van der Waals surface area contributed by atoms with Gasteiger partial charge in [-0.2, -0.15) is 4.31 Å². The number of benzene rings is 2. The maximum absolute atomic E-state index is 13.0. The highest BCUT2D eigenvalue weighted by Crippen LogP contribution is 2.32. The Balaban J connectivity index is 1.52. The summed E-state index contributed by atoms with van der Waals surface area (Å²) in [5.41, 5.74) is 1.73. The Hall–Kier alpha value is -2.42. The molecule has 0 spiro atoms. The van der Waals surface area contributed by atoms with Crippen LogP contribution in [-0.4, -0.2) is 54.8 Å². The molecular weight excluding hydrogens is 408 g/mol. The zero-order valence-corrected chi connectivity index (χ0v) is 17.9. The Kier molecular flexibility index (Phi) is 5.10. The Bertz CT molecular complexity index is 1190. The van der Waals surface area contributed by atoms with Gasteiger partial charge >= 0.3 is 0 Å². The molecule has 0 saturated carbocycles. The van der Waals surface area contributed by atoms with Gasteiger partial charge in [0.15, 0.2) is 0 Å². The number of aromatic hydroxyl groups is 1. The first-order valence-electron chi connectivity index (χ1n) is 9.36. The van der Waals surface area contributed by atoms with E-state index < -0.39 is 10.0 Å².